The van der Waals surface area contributed by atoms with E-state index in [2.05, 4.69) is 0 Å². The van der Waals surface area contributed by atoms with E-state index in [0.717, 1.165) is 0 Å². The quantitative estimate of drug-likeness (QED) is 0.441. The van der Waals surface area contributed by atoms with Gasteiger partial charge < -0.3 is 10.2 Å². The molecule has 0 saturated heterocycles. The van der Waals surface area contributed by atoms with Crippen molar-refractivity contribution in [1.82, 2.24) is 0 Å². The smallest absolute Gasteiger partial charge is 0.272 e. The van der Waals surface area contributed by atoms with E-state index >= 15 is 0 Å². The van der Waals surface area contributed by atoms with Gasteiger partial charge in [0.1, 0.15) is 17.3 Å². The zero-order chi connectivity index (χ0) is 20.4. The van der Waals surface area contributed by atoms with E-state index in [1.165, 1.54) is 52.6 Å². The molecule has 144 valence electrons. The standard InChI is InChI=1S/C23H16FNO3S/c24-16-5-3-15(4-6-16)20-14-19(27)11-12-21(20)25(17-7-9-18(26)10-8-17)23(28)22-2-1-13-29-22/h1-14,26-27H. The van der Waals surface area contributed by atoms with Crippen molar-refractivity contribution in [2.75, 3.05) is 4.90 Å². The van der Waals surface area contributed by atoms with Crippen LogP contribution in [0.2, 0.25) is 0 Å². The monoisotopic (exact) mass is 405 g/mol. The number of carbonyl (C=O) groups excluding carboxylic acids is 1. The third-order valence-electron chi connectivity index (χ3n) is 4.42. The Morgan fingerprint density at radius 3 is 2.21 bits per heavy atom. The molecule has 1 heterocycles. The predicted molar refractivity (Wildman–Crippen MR) is 112 cm³/mol. The molecule has 0 unspecified atom stereocenters. The second-order valence-electron chi connectivity index (χ2n) is 6.34. The third kappa shape index (κ3) is 3.83. The van der Waals surface area contributed by atoms with Crippen molar-refractivity contribution < 1.29 is 19.4 Å². The van der Waals surface area contributed by atoms with Crippen molar-refractivity contribution in [3.8, 4) is 22.6 Å². The number of thiophene rings is 1. The number of benzene rings is 3. The summed E-state index contributed by atoms with van der Waals surface area (Å²) in [6.07, 6.45) is 0. The zero-order valence-corrected chi connectivity index (χ0v) is 15.9. The first-order valence-corrected chi connectivity index (χ1v) is 9.67. The molecule has 0 aliphatic rings. The maximum atomic E-state index is 13.4. The molecule has 1 amide bonds. The number of nitrogens with zero attached hydrogens (tertiary/aromatic N) is 1. The Morgan fingerprint density at radius 1 is 0.862 bits per heavy atom. The topological polar surface area (TPSA) is 60.8 Å². The van der Waals surface area contributed by atoms with Gasteiger partial charge in [-0.05, 0) is 71.6 Å². The minimum atomic E-state index is -0.375. The number of halogens is 1. The van der Waals surface area contributed by atoms with E-state index in [1.54, 1.807) is 42.5 Å². The summed E-state index contributed by atoms with van der Waals surface area (Å²) >= 11 is 1.32. The lowest BCUT2D eigenvalue weighted by Gasteiger charge is -2.25. The number of phenolic OH excluding ortho intramolecular Hbond substituents is 2. The van der Waals surface area contributed by atoms with Crippen LogP contribution < -0.4 is 4.90 Å². The molecule has 0 fully saturated rings. The lowest BCUT2D eigenvalue weighted by atomic mass is 10.0. The first kappa shape index (κ1) is 18.7. The van der Waals surface area contributed by atoms with Crippen LogP contribution in [0.15, 0.2) is 84.2 Å². The predicted octanol–water partition coefficient (Wildman–Crippen LogP) is 5.94. The van der Waals surface area contributed by atoms with E-state index in [-0.39, 0.29) is 23.2 Å². The molecule has 0 bridgehead atoms. The maximum Gasteiger partial charge on any atom is 0.272 e. The molecule has 2 N–H and O–H groups in total. The van der Waals surface area contributed by atoms with Crippen molar-refractivity contribution in [3.63, 3.8) is 0 Å². The lowest BCUT2D eigenvalue weighted by molar-refractivity contribution is 0.100. The summed E-state index contributed by atoms with van der Waals surface area (Å²) in [6.45, 7) is 0. The van der Waals surface area contributed by atoms with Gasteiger partial charge in [0, 0.05) is 11.3 Å². The summed E-state index contributed by atoms with van der Waals surface area (Å²) in [5, 5.41) is 21.5. The Morgan fingerprint density at radius 2 is 1.55 bits per heavy atom. The van der Waals surface area contributed by atoms with Crippen LogP contribution in [-0.4, -0.2) is 16.1 Å². The summed E-state index contributed by atoms with van der Waals surface area (Å²) in [4.78, 5) is 15.4. The molecule has 6 heteroatoms. The van der Waals surface area contributed by atoms with Crippen LogP contribution in [0.25, 0.3) is 11.1 Å². The zero-order valence-electron chi connectivity index (χ0n) is 15.1. The second-order valence-corrected chi connectivity index (χ2v) is 7.29. The first-order valence-electron chi connectivity index (χ1n) is 8.79. The van der Waals surface area contributed by atoms with Crippen molar-refractivity contribution in [2.45, 2.75) is 0 Å². The van der Waals surface area contributed by atoms with Crippen LogP contribution in [0.5, 0.6) is 11.5 Å². The van der Waals surface area contributed by atoms with E-state index in [4.69, 9.17) is 0 Å². The highest BCUT2D eigenvalue weighted by Gasteiger charge is 2.24. The highest BCUT2D eigenvalue weighted by atomic mass is 32.1. The van der Waals surface area contributed by atoms with Crippen LogP contribution in [0.1, 0.15) is 9.67 Å². The first-order chi connectivity index (χ1) is 14.0. The molecule has 4 nitrogen and oxygen atoms in total. The van der Waals surface area contributed by atoms with Crippen molar-refractivity contribution in [2.24, 2.45) is 0 Å². The van der Waals surface area contributed by atoms with Gasteiger partial charge in [-0.25, -0.2) is 4.39 Å². The van der Waals surface area contributed by atoms with E-state index in [9.17, 15) is 19.4 Å². The number of phenols is 2. The van der Waals surface area contributed by atoms with Gasteiger partial charge in [-0.1, -0.05) is 18.2 Å². The van der Waals surface area contributed by atoms with Gasteiger partial charge >= 0.3 is 0 Å². The summed E-state index contributed by atoms with van der Waals surface area (Å²) in [5.74, 6) is -0.510. The van der Waals surface area contributed by atoms with Crippen LogP contribution >= 0.6 is 11.3 Å². The Hall–Kier alpha value is -3.64. The third-order valence-corrected chi connectivity index (χ3v) is 5.28. The normalized spacial score (nSPS) is 10.7. The number of rotatable bonds is 4. The van der Waals surface area contributed by atoms with Crippen molar-refractivity contribution >= 4 is 28.6 Å². The molecule has 0 spiro atoms. The molecular weight excluding hydrogens is 389 g/mol. The number of anilines is 2. The van der Waals surface area contributed by atoms with Gasteiger partial charge in [-0.2, -0.15) is 0 Å². The van der Waals surface area contributed by atoms with Crippen LogP contribution in [0, 0.1) is 5.82 Å². The average Bonchev–Trinajstić information content (AvgIpc) is 3.26. The molecule has 4 rings (SSSR count). The average molecular weight is 405 g/mol. The molecule has 3 aromatic carbocycles. The van der Waals surface area contributed by atoms with Crippen molar-refractivity contribution in [3.05, 3.63) is 94.9 Å². The second kappa shape index (κ2) is 7.77. The number of hydrogen-bond acceptors (Lipinski definition) is 4. The molecule has 4 aromatic rings. The minimum absolute atomic E-state index is 0.0299. The van der Waals surface area contributed by atoms with E-state index in [1.807, 2.05) is 5.38 Å². The largest absolute Gasteiger partial charge is 0.508 e. The number of carbonyl (C=O) groups is 1. The molecular formula is C23H16FNO3S. The van der Waals surface area contributed by atoms with E-state index in [0.29, 0.717) is 27.4 Å². The lowest BCUT2D eigenvalue weighted by Crippen LogP contribution is -2.25. The van der Waals surface area contributed by atoms with Crippen LogP contribution in [0.3, 0.4) is 0 Å². The Balaban J connectivity index is 1.92. The Labute approximate surface area is 170 Å². The van der Waals surface area contributed by atoms with Crippen LogP contribution in [-0.2, 0) is 0 Å². The van der Waals surface area contributed by atoms with Crippen LogP contribution in [0.4, 0.5) is 15.8 Å². The van der Waals surface area contributed by atoms with E-state index < -0.39 is 0 Å². The van der Waals surface area contributed by atoms with Gasteiger partial charge in [0.25, 0.3) is 5.91 Å². The van der Waals surface area contributed by atoms with Gasteiger partial charge in [-0.3, -0.25) is 9.69 Å². The minimum Gasteiger partial charge on any atom is -0.508 e. The molecule has 29 heavy (non-hydrogen) atoms. The molecule has 1 aromatic heterocycles. The molecule has 0 radical (unpaired) electrons. The summed E-state index contributed by atoms with van der Waals surface area (Å²) in [5.41, 5.74) is 2.30. The fraction of sp³-hybridized carbons (Fsp3) is 0. The molecule has 0 aliphatic heterocycles. The highest BCUT2D eigenvalue weighted by molar-refractivity contribution is 7.12. The molecule has 0 saturated carbocycles. The highest BCUT2D eigenvalue weighted by Crippen LogP contribution is 2.39. The fourth-order valence-corrected chi connectivity index (χ4v) is 3.71. The fourth-order valence-electron chi connectivity index (χ4n) is 3.06. The Bertz CT molecular complexity index is 1140. The van der Waals surface area contributed by atoms with Gasteiger partial charge in [0.15, 0.2) is 0 Å². The molecule has 0 atom stereocenters. The van der Waals surface area contributed by atoms with Gasteiger partial charge in [0.05, 0.1) is 10.6 Å². The summed E-state index contributed by atoms with van der Waals surface area (Å²) < 4.78 is 13.4. The Kier molecular flexibility index (Phi) is 5.01. The number of aromatic hydroxyl groups is 2. The van der Waals surface area contributed by atoms with Gasteiger partial charge in [-0.15, -0.1) is 11.3 Å². The number of amides is 1. The van der Waals surface area contributed by atoms with Gasteiger partial charge in [0.2, 0.25) is 0 Å². The molecule has 0 aliphatic carbocycles. The SMILES string of the molecule is O=C(c1cccs1)N(c1ccc(O)cc1)c1ccc(O)cc1-c1ccc(F)cc1. The van der Waals surface area contributed by atoms with Crippen molar-refractivity contribution in [1.29, 1.82) is 0 Å². The maximum absolute atomic E-state index is 13.4. The number of hydrogen-bond donors (Lipinski definition) is 2. The summed E-state index contributed by atoms with van der Waals surface area (Å²) in [6, 6.07) is 20.3. The summed E-state index contributed by atoms with van der Waals surface area (Å²) in [7, 11) is 0.